The first-order chi connectivity index (χ1) is 5.33. The van der Waals surface area contributed by atoms with Gasteiger partial charge in [0.25, 0.3) is 0 Å². The van der Waals surface area contributed by atoms with Crippen molar-refractivity contribution < 1.29 is 4.74 Å². The lowest BCUT2D eigenvalue weighted by Gasteiger charge is -1.93. The number of aromatic nitrogens is 2. The van der Waals surface area contributed by atoms with Crippen LogP contribution >= 0.6 is 23.1 Å². The Labute approximate surface area is 74.2 Å². The van der Waals surface area contributed by atoms with E-state index in [1.807, 2.05) is 6.92 Å². The number of nitrogens with zero attached hydrogens (tertiary/aromatic N) is 2. The first-order valence-corrected chi connectivity index (χ1v) is 5.05. The summed E-state index contributed by atoms with van der Waals surface area (Å²) in [6, 6.07) is 0. The summed E-state index contributed by atoms with van der Waals surface area (Å²) in [4.78, 5) is 0. The predicted molar refractivity (Wildman–Crippen MR) is 47.2 cm³/mol. The number of hydrogen-bond acceptors (Lipinski definition) is 5. The topological polar surface area (TPSA) is 35.0 Å². The zero-order valence-electron chi connectivity index (χ0n) is 6.53. The van der Waals surface area contributed by atoms with Crippen molar-refractivity contribution in [2.24, 2.45) is 0 Å². The van der Waals surface area contributed by atoms with Gasteiger partial charge in [-0.15, -0.1) is 10.2 Å². The number of ether oxygens (including phenoxy) is 1. The van der Waals surface area contributed by atoms with E-state index in [1.165, 1.54) is 0 Å². The van der Waals surface area contributed by atoms with Crippen LogP contribution in [0.25, 0.3) is 0 Å². The molecule has 0 aliphatic heterocycles. The molecule has 1 heterocycles. The summed E-state index contributed by atoms with van der Waals surface area (Å²) in [5.41, 5.74) is 0. The van der Waals surface area contributed by atoms with Gasteiger partial charge in [-0.2, -0.15) is 0 Å². The molecular formula is C6H10N2OS2. The molecule has 0 unspecified atom stereocenters. The molecule has 1 aromatic rings. The SMILES string of the molecule is COCCSc1nnc(C)s1. The molecule has 0 bridgehead atoms. The van der Waals surface area contributed by atoms with E-state index in [0.29, 0.717) is 0 Å². The van der Waals surface area contributed by atoms with Crippen LogP contribution in [-0.4, -0.2) is 29.7 Å². The molecule has 0 amide bonds. The minimum Gasteiger partial charge on any atom is -0.384 e. The van der Waals surface area contributed by atoms with E-state index in [0.717, 1.165) is 21.7 Å². The maximum Gasteiger partial charge on any atom is 0.174 e. The van der Waals surface area contributed by atoms with Crippen LogP contribution < -0.4 is 0 Å². The molecule has 0 saturated carbocycles. The summed E-state index contributed by atoms with van der Waals surface area (Å²) < 4.78 is 5.93. The fraction of sp³-hybridized carbons (Fsp3) is 0.667. The molecule has 1 rings (SSSR count). The molecule has 3 nitrogen and oxygen atoms in total. The fourth-order valence-corrected chi connectivity index (χ4v) is 2.34. The Balaban J connectivity index is 2.27. The lowest BCUT2D eigenvalue weighted by atomic mass is 10.9. The van der Waals surface area contributed by atoms with Crippen LogP contribution in [0.5, 0.6) is 0 Å². The Kier molecular flexibility index (Phi) is 3.82. The highest BCUT2D eigenvalue weighted by molar-refractivity contribution is 8.01. The molecule has 0 fully saturated rings. The number of hydrogen-bond donors (Lipinski definition) is 0. The molecule has 0 atom stereocenters. The van der Waals surface area contributed by atoms with E-state index in [1.54, 1.807) is 30.2 Å². The molecule has 0 N–H and O–H groups in total. The van der Waals surface area contributed by atoms with Crippen molar-refractivity contribution in [1.29, 1.82) is 0 Å². The third-order valence-electron chi connectivity index (χ3n) is 1.02. The maximum absolute atomic E-state index is 4.91. The Morgan fingerprint density at radius 3 is 2.91 bits per heavy atom. The normalized spacial score (nSPS) is 10.4. The number of thioether (sulfide) groups is 1. The molecule has 0 aromatic carbocycles. The average molecular weight is 190 g/mol. The van der Waals surface area contributed by atoms with Gasteiger partial charge in [0.1, 0.15) is 5.01 Å². The maximum atomic E-state index is 4.91. The molecule has 11 heavy (non-hydrogen) atoms. The second-order valence-corrected chi connectivity index (χ2v) is 4.45. The van der Waals surface area contributed by atoms with E-state index < -0.39 is 0 Å². The zero-order chi connectivity index (χ0) is 8.10. The molecule has 0 aliphatic carbocycles. The van der Waals surface area contributed by atoms with Crippen LogP contribution in [0.2, 0.25) is 0 Å². The van der Waals surface area contributed by atoms with Crippen molar-refractivity contribution in [2.45, 2.75) is 11.3 Å². The van der Waals surface area contributed by atoms with Crippen LogP contribution in [0.3, 0.4) is 0 Å². The van der Waals surface area contributed by atoms with Crippen molar-refractivity contribution in [2.75, 3.05) is 19.5 Å². The van der Waals surface area contributed by atoms with Gasteiger partial charge < -0.3 is 4.74 Å². The molecule has 1 aromatic heterocycles. The van der Waals surface area contributed by atoms with Crippen LogP contribution in [0.15, 0.2) is 4.34 Å². The summed E-state index contributed by atoms with van der Waals surface area (Å²) in [6.45, 7) is 2.72. The summed E-state index contributed by atoms with van der Waals surface area (Å²) in [5.74, 6) is 0.950. The third kappa shape index (κ3) is 3.18. The van der Waals surface area contributed by atoms with Crippen molar-refractivity contribution >= 4 is 23.1 Å². The smallest absolute Gasteiger partial charge is 0.174 e. The van der Waals surface area contributed by atoms with Crippen molar-refractivity contribution in [1.82, 2.24) is 10.2 Å². The highest BCUT2D eigenvalue weighted by Gasteiger charge is 1.99. The zero-order valence-corrected chi connectivity index (χ0v) is 8.17. The highest BCUT2D eigenvalue weighted by atomic mass is 32.2. The Morgan fingerprint density at radius 1 is 1.55 bits per heavy atom. The van der Waals surface area contributed by atoms with E-state index in [-0.39, 0.29) is 0 Å². The molecule has 5 heteroatoms. The summed E-state index contributed by atoms with van der Waals surface area (Å²) in [7, 11) is 1.70. The molecule has 0 saturated heterocycles. The van der Waals surface area contributed by atoms with Crippen LogP contribution in [-0.2, 0) is 4.74 Å². The van der Waals surface area contributed by atoms with Gasteiger partial charge in [-0.3, -0.25) is 0 Å². The second-order valence-electron chi connectivity index (χ2n) is 1.93. The lowest BCUT2D eigenvalue weighted by molar-refractivity contribution is 0.218. The fourth-order valence-electron chi connectivity index (χ4n) is 0.549. The van der Waals surface area contributed by atoms with Gasteiger partial charge >= 0.3 is 0 Å². The highest BCUT2D eigenvalue weighted by Crippen LogP contribution is 2.20. The third-order valence-corrected chi connectivity index (χ3v) is 2.96. The van der Waals surface area contributed by atoms with Gasteiger partial charge in [0, 0.05) is 12.9 Å². The standard InChI is InChI=1S/C6H10N2OS2/c1-5-7-8-6(11-5)10-4-3-9-2/h3-4H2,1-2H3. The number of methoxy groups -OCH3 is 1. The Bertz CT molecular complexity index is 214. The number of rotatable bonds is 4. The largest absolute Gasteiger partial charge is 0.384 e. The monoisotopic (exact) mass is 190 g/mol. The van der Waals surface area contributed by atoms with Crippen LogP contribution in [0.1, 0.15) is 5.01 Å². The van der Waals surface area contributed by atoms with Crippen molar-refractivity contribution in [3.8, 4) is 0 Å². The first kappa shape index (κ1) is 8.96. The average Bonchev–Trinajstić information content (AvgIpc) is 2.37. The second kappa shape index (κ2) is 4.69. The quantitative estimate of drug-likeness (QED) is 0.533. The van der Waals surface area contributed by atoms with E-state index >= 15 is 0 Å². The van der Waals surface area contributed by atoms with Crippen LogP contribution in [0, 0.1) is 6.92 Å². The minimum absolute atomic E-state index is 0.767. The Morgan fingerprint density at radius 2 is 2.36 bits per heavy atom. The van der Waals surface area contributed by atoms with Gasteiger partial charge in [0.2, 0.25) is 0 Å². The van der Waals surface area contributed by atoms with E-state index in [9.17, 15) is 0 Å². The van der Waals surface area contributed by atoms with E-state index in [4.69, 9.17) is 4.74 Å². The molecule has 0 spiro atoms. The van der Waals surface area contributed by atoms with Crippen LogP contribution in [0.4, 0.5) is 0 Å². The van der Waals surface area contributed by atoms with Gasteiger partial charge in [-0.25, -0.2) is 0 Å². The van der Waals surface area contributed by atoms with Gasteiger partial charge in [0.05, 0.1) is 6.61 Å². The molecule has 0 aliphatic rings. The first-order valence-electron chi connectivity index (χ1n) is 3.25. The van der Waals surface area contributed by atoms with Gasteiger partial charge in [-0.05, 0) is 6.92 Å². The molecule has 0 radical (unpaired) electrons. The van der Waals surface area contributed by atoms with Gasteiger partial charge in [0.15, 0.2) is 4.34 Å². The van der Waals surface area contributed by atoms with E-state index in [2.05, 4.69) is 10.2 Å². The van der Waals surface area contributed by atoms with Gasteiger partial charge in [-0.1, -0.05) is 23.1 Å². The summed E-state index contributed by atoms with van der Waals surface area (Å²) in [6.07, 6.45) is 0. The molecular weight excluding hydrogens is 180 g/mol. The van der Waals surface area contributed by atoms with Crippen molar-refractivity contribution in [3.63, 3.8) is 0 Å². The minimum atomic E-state index is 0.767. The predicted octanol–water partition coefficient (Wildman–Crippen LogP) is 1.59. The van der Waals surface area contributed by atoms with Crippen molar-refractivity contribution in [3.05, 3.63) is 5.01 Å². The summed E-state index contributed by atoms with van der Waals surface area (Å²) >= 11 is 3.31. The Hall–Kier alpha value is -0.130. The lowest BCUT2D eigenvalue weighted by Crippen LogP contribution is -1.90. The molecule has 62 valence electrons. The summed E-state index contributed by atoms with van der Waals surface area (Å²) in [5, 5.41) is 8.88. The number of aryl methyl sites for hydroxylation is 1.